The summed E-state index contributed by atoms with van der Waals surface area (Å²) in [7, 11) is 0. The Morgan fingerprint density at radius 3 is 1.67 bits per heavy atom. The van der Waals surface area contributed by atoms with Crippen molar-refractivity contribution >= 4 is 66.1 Å². The van der Waals surface area contributed by atoms with Gasteiger partial charge in [-0.3, -0.25) is 0 Å². The average molecular weight is 670 g/mol. The van der Waals surface area contributed by atoms with Crippen molar-refractivity contribution in [3.63, 3.8) is 0 Å². The molecule has 0 amide bonds. The van der Waals surface area contributed by atoms with Crippen molar-refractivity contribution in [1.82, 2.24) is 0 Å². The molecular formula is C33H22Br2N2S2. The van der Waals surface area contributed by atoms with Crippen molar-refractivity contribution in [3.8, 4) is 0 Å². The molecule has 2 aliphatic heterocycles. The van der Waals surface area contributed by atoms with Gasteiger partial charge in [-0.05, 0) is 53.1 Å². The van der Waals surface area contributed by atoms with Gasteiger partial charge in [0.15, 0.2) is 4.20 Å². The molecular weight excluding hydrogens is 648 g/mol. The Labute approximate surface area is 253 Å². The third-order valence-corrected chi connectivity index (χ3v) is 11.6. The Balaban J connectivity index is 1.50. The molecule has 0 aliphatic carbocycles. The molecule has 5 aromatic carbocycles. The van der Waals surface area contributed by atoms with Crippen LogP contribution in [0.1, 0.15) is 27.8 Å². The van der Waals surface area contributed by atoms with Crippen LogP contribution in [0, 0.1) is 0 Å². The van der Waals surface area contributed by atoms with E-state index in [0.29, 0.717) is 0 Å². The normalized spacial score (nSPS) is 19.2. The van der Waals surface area contributed by atoms with Crippen LogP contribution in [0.5, 0.6) is 0 Å². The highest BCUT2D eigenvalue weighted by atomic mass is 79.9. The minimum atomic E-state index is -0.511. The SMILES string of the molecule is Brc1ccc(C2(c3ccc(Br)cc3)S[C@]3(SC(c4ccccc4)=NN3c3ccccc3)c3ccccc32)cc1. The minimum absolute atomic E-state index is 0.445. The first-order valence-corrected chi connectivity index (χ1v) is 15.8. The lowest BCUT2D eigenvalue weighted by Crippen LogP contribution is -2.33. The monoisotopic (exact) mass is 668 g/mol. The maximum Gasteiger partial charge on any atom is 0.187 e. The number of benzene rings is 5. The first-order chi connectivity index (χ1) is 19.1. The average Bonchev–Trinajstić information content (AvgIpc) is 3.52. The Kier molecular flexibility index (Phi) is 6.47. The molecule has 6 heteroatoms. The molecule has 39 heavy (non-hydrogen) atoms. The third-order valence-electron chi connectivity index (χ3n) is 7.17. The van der Waals surface area contributed by atoms with Gasteiger partial charge < -0.3 is 0 Å². The lowest BCUT2D eigenvalue weighted by atomic mass is 9.82. The van der Waals surface area contributed by atoms with Crippen molar-refractivity contribution in [3.05, 3.63) is 170 Å². The van der Waals surface area contributed by atoms with E-state index in [1.165, 1.54) is 22.3 Å². The van der Waals surface area contributed by atoms with Gasteiger partial charge in [-0.2, -0.15) is 5.10 Å². The molecule has 0 bridgehead atoms. The molecule has 2 nitrogen and oxygen atoms in total. The van der Waals surface area contributed by atoms with Gasteiger partial charge >= 0.3 is 0 Å². The number of halogens is 2. The smallest absolute Gasteiger partial charge is 0.187 e. The van der Waals surface area contributed by atoms with E-state index in [0.717, 1.165) is 25.2 Å². The van der Waals surface area contributed by atoms with E-state index in [1.54, 1.807) is 0 Å². The van der Waals surface area contributed by atoms with Crippen molar-refractivity contribution in [2.24, 2.45) is 5.10 Å². The van der Waals surface area contributed by atoms with Gasteiger partial charge in [-0.25, -0.2) is 5.01 Å². The fourth-order valence-electron chi connectivity index (χ4n) is 5.43. The Morgan fingerprint density at radius 2 is 1.08 bits per heavy atom. The molecule has 1 spiro atoms. The van der Waals surface area contributed by atoms with E-state index in [-0.39, 0.29) is 0 Å². The largest absolute Gasteiger partial charge is 0.233 e. The van der Waals surface area contributed by atoms with Crippen molar-refractivity contribution in [1.29, 1.82) is 0 Å². The topological polar surface area (TPSA) is 15.6 Å². The molecule has 2 aliphatic rings. The molecule has 2 heterocycles. The minimum Gasteiger partial charge on any atom is -0.233 e. The predicted molar refractivity (Wildman–Crippen MR) is 173 cm³/mol. The number of nitrogens with zero attached hydrogens (tertiary/aromatic N) is 2. The second-order valence-electron chi connectivity index (χ2n) is 9.45. The van der Waals surface area contributed by atoms with Crippen LogP contribution in [0.2, 0.25) is 0 Å². The number of hydrogen-bond donors (Lipinski definition) is 0. The fourth-order valence-corrected chi connectivity index (χ4v) is 9.62. The molecule has 0 aromatic heterocycles. The number of thioether (sulfide) groups is 2. The second-order valence-corrected chi connectivity index (χ2v) is 14.1. The number of anilines is 1. The van der Waals surface area contributed by atoms with Crippen molar-refractivity contribution in [2.45, 2.75) is 8.95 Å². The van der Waals surface area contributed by atoms with E-state index in [1.807, 2.05) is 23.5 Å². The summed E-state index contributed by atoms with van der Waals surface area (Å²) in [6.45, 7) is 0. The summed E-state index contributed by atoms with van der Waals surface area (Å²) in [6.07, 6.45) is 0. The number of hydrogen-bond acceptors (Lipinski definition) is 4. The number of hydrazone groups is 1. The Morgan fingerprint density at radius 1 is 0.564 bits per heavy atom. The Bertz CT molecular complexity index is 1630. The van der Waals surface area contributed by atoms with Crippen LogP contribution >= 0.6 is 55.4 Å². The van der Waals surface area contributed by atoms with Crippen molar-refractivity contribution < 1.29 is 0 Å². The summed E-state index contributed by atoms with van der Waals surface area (Å²) in [5, 5.41) is 8.58. The lowest BCUT2D eigenvalue weighted by molar-refractivity contribution is 0.806. The number of para-hydroxylation sites is 1. The second kappa shape index (κ2) is 10.0. The molecule has 5 aromatic rings. The van der Waals surface area contributed by atoms with Gasteiger partial charge in [-0.1, -0.05) is 152 Å². The third kappa shape index (κ3) is 4.12. The van der Waals surface area contributed by atoms with E-state index < -0.39 is 8.95 Å². The molecule has 0 saturated heterocycles. The molecule has 0 fully saturated rings. The van der Waals surface area contributed by atoms with Crippen LogP contribution in [0.25, 0.3) is 0 Å². The molecule has 0 unspecified atom stereocenters. The van der Waals surface area contributed by atoms with Crippen LogP contribution in [-0.4, -0.2) is 5.04 Å². The summed E-state index contributed by atoms with van der Waals surface area (Å²) < 4.78 is 1.18. The predicted octanol–water partition coefficient (Wildman–Crippen LogP) is 9.98. The summed E-state index contributed by atoms with van der Waals surface area (Å²) in [5.41, 5.74) is 7.24. The zero-order chi connectivity index (χ0) is 26.5. The zero-order valence-corrected chi connectivity index (χ0v) is 25.5. The first kappa shape index (κ1) is 25.2. The van der Waals surface area contributed by atoms with Crippen LogP contribution < -0.4 is 5.01 Å². The van der Waals surface area contributed by atoms with Crippen LogP contribution in [-0.2, 0) is 8.95 Å². The fraction of sp³-hybridized carbons (Fsp3) is 0.0606. The number of fused-ring (bicyclic) bond motifs is 2. The van der Waals surface area contributed by atoms with Crippen LogP contribution in [0.4, 0.5) is 5.69 Å². The highest BCUT2D eigenvalue weighted by Crippen LogP contribution is 2.71. The van der Waals surface area contributed by atoms with E-state index in [2.05, 4.69) is 170 Å². The van der Waals surface area contributed by atoms with Gasteiger partial charge in [0.25, 0.3) is 0 Å². The van der Waals surface area contributed by atoms with Crippen LogP contribution in [0.15, 0.2) is 148 Å². The van der Waals surface area contributed by atoms with E-state index in [4.69, 9.17) is 5.10 Å². The van der Waals surface area contributed by atoms with E-state index >= 15 is 0 Å². The lowest BCUT2D eigenvalue weighted by Gasteiger charge is -2.37. The van der Waals surface area contributed by atoms with E-state index in [9.17, 15) is 0 Å². The molecule has 7 rings (SSSR count). The Hall–Kier alpha value is -2.77. The maximum atomic E-state index is 5.32. The van der Waals surface area contributed by atoms with Gasteiger partial charge in [0.2, 0.25) is 0 Å². The van der Waals surface area contributed by atoms with Gasteiger partial charge in [-0.15, -0.1) is 0 Å². The van der Waals surface area contributed by atoms with Crippen LogP contribution in [0.3, 0.4) is 0 Å². The molecule has 190 valence electrons. The van der Waals surface area contributed by atoms with Crippen molar-refractivity contribution in [2.75, 3.05) is 5.01 Å². The summed E-state index contributed by atoms with van der Waals surface area (Å²) in [4.78, 5) is 0. The summed E-state index contributed by atoms with van der Waals surface area (Å²) in [5.74, 6) is 0. The molecule has 0 N–H and O–H groups in total. The quantitative estimate of drug-likeness (QED) is 0.189. The zero-order valence-electron chi connectivity index (χ0n) is 20.7. The molecule has 0 saturated carbocycles. The van der Waals surface area contributed by atoms with Gasteiger partial charge in [0, 0.05) is 20.1 Å². The standard InChI is InChI=1S/C33H22Br2N2S2/c34-26-19-15-24(16-20-26)32(25-17-21-27(35)22-18-25)29-13-7-8-14-30(29)33(39-32)37(28-11-5-2-6-12-28)36-31(38-33)23-9-3-1-4-10-23/h1-22H/t33-/m1/s1. The molecule has 1 atom stereocenters. The summed E-state index contributed by atoms with van der Waals surface area (Å²) in [6, 6.07) is 47.6. The first-order valence-electron chi connectivity index (χ1n) is 12.6. The molecule has 0 radical (unpaired) electrons. The maximum absolute atomic E-state index is 5.32. The highest BCUT2D eigenvalue weighted by Gasteiger charge is 2.61. The van der Waals surface area contributed by atoms with Gasteiger partial charge in [0.05, 0.1) is 10.4 Å². The summed E-state index contributed by atoms with van der Waals surface area (Å²) >= 11 is 11.1. The van der Waals surface area contributed by atoms with Gasteiger partial charge in [0.1, 0.15) is 5.04 Å². The highest BCUT2D eigenvalue weighted by molar-refractivity contribution is 9.10. The number of rotatable bonds is 4.